The van der Waals surface area contributed by atoms with Crippen molar-refractivity contribution in [2.45, 2.75) is 6.42 Å². The number of nitrogens with one attached hydrogen (secondary N) is 2. The van der Waals surface area contributed by atoms with E-state index in [2.05, 4.69) is 15.5 Å². The first-order valence-corrected chi connectivity index (χ1v) is 5.88. The number of amides is 3. The van der Waals surface area contributed by atoms with E-state index in [-0.39, 0.29) is 24.4 Å². The normalized spacial score (nSPS) is 15.5. The summed E-state index contributed by atoms with van der Waals surface area (Å²) in [7, 11) is 0. The molecule has 0 saturated carbocycles. The largest absolute Gasteiger partial charge is 0.478 e. The van der Waals surface area contributed by atoms with Gasteiger partial charge < -0.3 is 5.11 Å². The van der Waals surface area contributed by atoms with Gasteiger partial charge in [-0.25, -0.2) is 9.59 Å². The number of aromatic amines is 1. The lowest BCUT2D eigenvalue weighted by Gasteiger charge is -2.27. The second-order valence-electron chi connectivity index (χ2n) is 4.35. The van der Waals surface area contributed by atoms with Gasteiger partial charge in [-0.1, -0.05) is 0 Å². The quantitative estimate of drug-likeness (QED) is 0.745. The zero-order valence-electron chi connectivity index (χ0n) is 10.2. The Balaban J connectivity index is 2.11. The number of H-pyrrole nitrogens is 1. The average Bonchev–Trinajstić information content (AvgIpc) is 2.87. The highest BCUT2D eigenvalue weighted by molar-refractivity contribution is 6.12. The minimum absolute atomic E-state index is 0.0785. The number of urea groups is 1. The Morgan fingerprint density at radius 1 is 1.35 bits per heavy atom. The fraction of sp³-hybridized carbons (Fsp3) is 0.167. The van der Waals surface area contributed by atoms with Gasteiger partial charge in [-0.2, -0.15) is 5.10 Å². The Hall–Kier alpha value is -2.90. The molecule has 2 heterocycles. The van der Waals surface area contributed by atoms with Crippen LogP contribution in [0.3, 0.4) is 0 Å². The number of nitrogens with zero attached hydrogens (tertiary/aromatic N) is 2. The van der Waals surface area contributed by atoms with Crippen LogP contribution in [0.25, 0.3) is 10.9 Å². The highest BCUT2D eigenvalue weighted by Crippen LogP contribution is 2.29. The van der Waals surface area contributed by atoms with E-state index in [0.717, 1.165) is 0 Å². The van der Waals surface area contributed by atoms with Crippen molar-refractivity contribution in [3.8, 4) is 0 Å². The molecule has 0 spiro atoms. The van der Waals surface area contributed by atoms with Crippen molar-refractivity contribution in [2.24, 2.45) is 0 Å². The van der Waals surface area contributed by atoms with Crippen LogP contribution in [0.5, 0.6) is 0 Å². The van der Waals surface area contributed by atoms with Gasteiger partial charge in [0.15, 0.2) is 0 Å². The molecule has 3 amide bonds. The molecular weight excluding hydrogens is 264 g/mol. The Morgan fingerprint density at radius 3 is 2.85 bits per heavy atom. The summed E-state index contributed by atoms with van der Waals surface area (Å²) in [5.41, 5.74) is 0.943. The molecule has 2 aromatic rings. The highest BCUT2D eigenvalue weighted by atomic mass is 16.4. The molecule has 1 aliphatic rings. The maximum Gasteiger partial charge on any atom is 0.337 e. The highest BCUT2D eigenvalue weighted by Gasteiger charge is 2.26. The number of rotatable bonds is 2. The summed E-state index contributed by atoms with van der Waals surface area (Å²) in [4.78, 5) is 35.5. The molecule has 8 nitrogen and oxygen atoms in total. The van der Waals surface area contributed by atoms with Gasteiger partial charge in [-0.15, -0.1) is 0 Å². The maximum absolute atomic E-state index is 11.8. The van der Waals surface area contributed by atoms with Gasteiger partial charge in [0, 0.05) is 18.4 Å². The molecule has 1 fully saturated rings. The molecule has 1 aromatic carbocycles. The maximum atomic E-state index is 11.8. The lowest BCUT2D eigenvalue weighted by Crippen LogP contribution is -2.49. The molecule has 0 unspecified atom stereocenters. The van der Waals surface area contributed by atoms with Crippen molar-refractivity contribution in [1.29, 1.82) is 0 Å². The number of fused-ring (bicyclic) bond motifs is 1. The van der Waals surface area contributed by atoms with Crippen molar-refractivity contribution in [3.05, 3.63) is 23.9 Å². The minimum atomic E-state index is -1.08. The summed E-state index contributed by atoms with van der Waals surface area (Å²) >= 11 is 0. The third kappa shape index (κ3) is 1.78. The fourth-order valence-electron chi connectivity index (χ4n) is 2.23. The predicted molar refractivity (Wildman–Crippen MR) is 68.6 cm³/mol. The molecule has 1 saturated heterocycles. The number of carbonyl (C=O) groups excluding carboxylic acids is 2. The smallest absolute Gasteiger partial charge is 0.337 e. The van der Waals surface area contributed by atoms with E-state index >= 15 is 0 Å². The number of anilines is 1. The average molecular weight is 274 g/mol. The predicted octanol–water partition coefficient (Wildman–Crippen LogP) is 0.707. The van der Waals surface area contributed by atoms with E-state index in [1.165, 1.54) is 23.2 Å². The van der Waals surface area contributed by atoms with Crippen LogP contribution < -0.4 is 10.2 Å². The van der Waals surface area contributed by atoms with Gasteiger partial charge in [0.05, 0.1) is 23.0 Å². The molecule has 3 N–H and O–H groups in total. The number of benzene rings is 1. The molecule has 8 heteroatoms. The molecule has 1 aromatic heterocycles. The topological polar surface area (TPSA) is 115 Å². The van der Waals surface area contributed by atoms with Gasteiger partial charge in [-0.05, 0) is 12.1 Å². The first kappa shape index (κ1) is 12.2. The van der Waals surface area contributed by atoms with Crippen molar-refractivity contribution in [1.82, 2.24) is 15.5 Å². The Labute approximate surface area is 112 Å². The number of carbonyl (C=O) groups is 3. The van der Waals surface area contributed by atoms with Crippen LogP contribution in [0.15, 0.2) is 18.3 Å². The van der Waals surface area contributed by atoms with Crippen LogP contribution in [0.1, 0.15) is 16.8 Å². The fourth-order valence-corrected chi connectivity index (χ4v) is 2.23. The van der Waals surface area contributed by atoms with Crippen LogP contribution in [0.2, 0.25) is 0 Å². The Kier molecular flexibility index (Phi) is 2.63. The van der Waals surface area contributed by atoms with E-state index in [1.54, 1.807) is 0 Å². The van der Waals surface area contributed by atoms with E-state index in [1.807, 2.05) is 0 Å². The van der Waals surface area contributed by atoms with Crippen LogP contribution in [0, 0.1) is 0 Å². The summed E-state index contributed by atoms with van der Waals surface area (Å²) in [6, 6.07) is 2.42. The molecule has 20 heavy (non-hydrogen) atoms. The molecule has 0 atom stereocenters. The number of carboxylic acids is 1. The monoisotopic (exact) mass is 274 g/mol. The number of imide groups is 1. The van der Waals surface area contributed by atoms with Crippen LogP contribution in [-0.4, -0.2) is 39.8 Å². The van der Waals surface area contributed by atoms with Crippen molar-refractivity contribution in [3.63, 3.8) is 0 Å². The van der Waals surface area contributed by atoms with E-state index < -0.39 is 12.0 Å². The standard InChI is InChI=1S/C12H10N4O4/c17-9-3-4-16(12(20)14-9)8-2-1-6(11(18)19)10-7(8)5-13-15-10/h1-2,5H,3-4H2,(H,13,15)(H,18,19)(H,14,17,20). The lowest BCUT2D eigenvalue weighted by atomic mass is 10.1. The first-order chi connectivity index (χ1) is 9.58. The molecule has 0 aliphatic carbocycles. The van der Waals surface area contributed by atoms with Crippen molar-refractivity contribution in [2.75, 3.05) is 11.4 Å². The lowest BCUT2D eigenvalue weighted by molar-refractivity contribution is -0.120. The van der Waals surface area contributed by atoms with Gasteiger partial charge in [0.2, 0.25) is 5.91 Å². The minimum Gasteiger partial charge on any atom is -0.478 e. The second-order valence-corrected chi connectivity index (χ2v) is 4.35. The first-order valence-electron chi connectivity index (χ1n) is 5.88. The molecule has 1 aliphatic heterocycles. The van der Waals surface area contributed by atoms with E-state index in [9.17, 15) is 14.4 Å². The Bertz CT molecular complexity index is 736. The van der Waals surface area contributed by atoms with Crippen LogP contribution >= 0.6 is 0 Å². The third-order valence-electron chi connectivity index (χ3n) is 3.17. The van der Waals surface area contributed by atoms with Crippen LogP contribution in [0.4, 0.5) is 10.5 Å². The summed E-state index contributed by atoms with van der Waals surface area (Å²) in [6.45, 7) is 0.247. The van der Waals surface area contributed by atoms with Crippen molar-refractivity contribution < 1.29 is 19.5 Å². The van der Waals surface area contributed by atoms with Gasteiger partial charge in [0.25, 0.3) is 0 Å². The summed E-state index contributed by atoms with van der Waals surface area (Å²) in [6.07, 6.45) is 1.66. The molecule has 0 radical (unpaired) electrons. The van der Waals surface area contributed by atoms with Gasteiger partial charge in [-0.3, -0.25) is 20.1 Å². The van der Waals surface area contributed by atoms with E-state index in [0.29, 0.717) is 16.6 Å². The van der Waals surface area contributed by atoms with Crippen LogP contribution in [-0.2, 0) is 4.79 Å². The SMILES string of the molecule is O=C1CCN(c2ccc(C(=O)O)c3[nH]ncc23)C(=O)N1. The number of hydrogen-bond donors (Lipinski definition) is 3. The molecule has 3 rings (SSSR count). The van der Waals surface area contributed by atoms with Gasteiger partial charge >= 0.3 is 12.0 Å². The number of hydrogen-bond acceptors (Lipinski definition) is 4. The van der Waals surface area contributed by atoms with E-state index in [4.69, 9.17) is 5.11 Å². The molecule has 102 valence electrons. The molecule has 0 bridgehead atoms. The number of aromatic nitrogens is 2. The van der Waals surface area contributed by atoms with Gasteiger partial charge in [0.1, 0.15) is 0 Å². The number of carboxylic acid groups (broad SMARTS) is 1. The summed E-state index contributed by atoms with van der Waals surface area (Å²) in [5.74, 6) is -1.40. The number of aromatic carboxylic acids is 1. The van der Waals surface area contributed by atoms with Crippen molar-refractivity contribution >= 4 is 34.5 Å². The summed E-state index contributed by atoms with van der Waals surface area (Å²) in [5, 5.41) is 18.3. The summed E-state index contributed by atoms with van der Waals surface area (Å²) < 4.78 is 0. The third-order valence-corrected chi connectivity index (χ3v) is 3.17. The molecular formula is C12H10N4O4. The second kappa shape index (κ2) is 4.34. The zero-order chi connectivity index (χ0) is 14.3. The Morgan fingerprint density at radius 2 is 2.15 bits per heavy atom. The zero-order valence-corrected chi connectivity index (χ0v) is 10.2.